The molecule has 0 spiro atoms. The van der Waals surface area contributed by atoms with E-state index in [0.717, 1.165) is 23.5 Å². The van der Waals surface area contributed by atoms with Crippen LogP contribution >= 0.6 is 11.3 Å². The van der Waals surface area contributed by atoms with E-state index in [9.17, 15) is 4.79 Å². The van der Waals surface area contributed by atoms with Crippen LogP contribution in [0.5, 0.6) is 0 Å². The molecule has 0 radical (unpaired) electrons. The van der Waals surface area contributed by atoms with Crippen LogP contribution in [0.25, 0.3) is 4.96 Å². The van der Waals surface area contributed by atoms with Gasteiger partial charge in [0.15, 0.2) is 4.96 Å². The Hall–Kier alpha value is -2.08. The normalized spacial score (nSPS) is 12.6. The number of fused-ring (bicyclic) bond motifs is 1. The van der Waals surface area contributed by atoms with Crippen molar-refractivity contribution in [2.45, 2.75) is 32.2 Å². The van der Waals surface area contributed by atoms with Gasteiger partial charge in [-0.3, -0.25) is 9.20 Å². The number of aromatic nitrogens is 3. The van der Waals surface area contributed by atoms with Gasteiger partial charge in [0.1, 0.15) is 0 Å². The number of nitrogens with zero attached hydrogens (tertiary/aromatic N) is 3. The van der Waals surface area contributed by atoms with Crippen molar-refractivity contribution in [1.82, 2.24) is 19.3 Å². The van der Waals surface area contributed by atoms with Crippen LogP contribution in [0.2, 0.25) is 0 Å². The maximum atomic E-state index is 12.1. The van der Waals surface area contributed by atoms with Gasteiger partial charge in [-0.05, 0) is 31.9 Å². The first-order chi connectivity index (χ1) is 10.6. The van der Waals surface area contributed by atoms with Crippen LogP contribution in [0.3, 0.4) is 0 Å². The standard InChI is InChI=1S/C16H20N4OS/c1-12(5-6-14-4-3-7-19(14)2)17-15(21)10-13-11-20-8-9-22-16(20)18-13/h3-4,7-9,11-12H,5-6,10H2,1-2H3,(H,17,21). The molecule has 22 heavy (non-hydrogen) atoms. The lowest BCUT2D eigenvalue weighted by Crippen LogP contribution is -2.34. The molecule has 3 aromatic heterocycles. The Morgan fingerprint density at radius 3 is 3.05 bits per heavy atom. The summed E-state index contributed by atoms with van der Waals surface area (Å²) in [5.41, 5.74) is 2.11. The molecule has 116 valence electrons. The number of carbonyl (C=O) groups excluding carboxylic acids is 1. The number of thiazole rings is 1. The summed E-state index contributed by atoms with van der Waals surface area (Å²) < 4.78 is 4.07. The third-order valence-electron chi connectivity index (χ3n) is 3.78. The predicted octanol–water partition coefficient (Wildman–Crippen LogP) is 2.41. The number of hydrogen-bond donors (Lipinski definition) is 1. The highest BCUT2D eigenvalue weighted by Crippen LogP contribution is 2.12. The molecule has 1 amide bonds. The number of carbonyl (C=O) groups is 1. The maximum Gasteiger partial charge on any atom is 0.226 e. The molecule has 3 heterocycles. The average molecular weight is 316 g/mol. The average Bonchev–Trinajstić information content (AvgIpc) is 3.12. The molecule has 0 aromatic carbocycles. The van der Waals surface area contributed by atoms with Crippen molar-refractivity contribution >= 4 is 22.2 Å². The van der Waals surface area contributed by atoms with Gasteiger partial charge in [0.2, 0.25) is 5.91 Å². The first-order valence-electron chi connectivity index (χ1n) is 7.42. The maximum absolute atomic E-state index is 12.1. The lowest BCUT2D eigenvalue weighted by molar-refractivity contribution is -0.121. The third-order valence-corrected chi connectivity index (χ3v) is 4.55. The van der Waals surface area contributed by atoms with E-state index in [2.05, 4.69) is 20.9 Å². The van der Waals surface area contributed by atoms with Crippen molar-refractivity contribution < 1.29 is 4.79 Å². The van der Waals surface area contributed by atoms with Crippen LogP contribution in [0, 0.1) is 0 Å². The highest BCUT2D eigenvalue weighted by molar-refractivity contribution is 7.15. The monoisotopic (exact) mass is 316 g/mol. The summed E-state index contributed by atoms with van der Waals surface area (Å²) in [5, 5.41) is 5.04. The minimum absolute atomic E-state index is 0.0325. The minimum Gasteiger partial charge on any atom is -0.354 e. The number of nitrogens with one attached hydrogen (secondary N) is 1. The zero-order chi connectivity index (χ0) is 15.5. The number of imidazole rings is 1. The highest BCUT2D eigenvalue weighted by atomic mass is 32.1. The number of aryl methyl sites for hydroxylation is 2. The van der Waals surface area contributed by atoms with Gasteiger partial charge in [-0.2, -0.15) is 0 Å². The second kappa shape index (κ2) is 6.36. The Labute approximate surface area is 133 Å². The van der Waals surface area contributed by atoms with Gasteiger partial charge in [0.05, 0.1) is 12.1 Å². The quantitative estimate of drug-likeness (QED) is 0.759. The number of amides is 1. The zero-order valence-electron chi connectivity index (χ0n) is 12.8. The molecule has 0 saturated carbocycles. The summed E-state index contributed by atoms with van der Waals surface area (Å²) in [4.78, 5) is 17.5. The number of rotatable bonds is 6. The smallest absolute Gasteiger partial charge is 0.226 e. The number of hydrogen-bond acceptors (Lipinski definition) is 3. The molecule has 0 aliphatic carbocycles. The van der Waals surface area contributed by atoms with Gasteiger partial charge in [-0.1, -0.05) is 0 Å². The Morgan fingerprint density at radius 2 is 2.32 bits per heavy atom. The molecule has 1 atom stereocenters. The van der Waals surface area contributed by atoms with E-state index in [1.165, 1.54) is 5.69 Å². The van der Waals surface area contributed by atoms with Crippen LogP contribution in [-0.4, -0.2) is 25.9 Å². The molecule has 3 aromatic rings. The molecular formula is C16H20N4OS. The van der Waals surface area contributed by atoms with Gasteiger partial charge in [0.25, 0.3) is 0 Å². The van der Waals surface area contributed by atoms with Crippen molar-refractivity contribution in [3.63, 3.8) is 0 Å². The lowest BCUT2D eigenvalue weighted by Gasteiger charge is -2.13. The lowest BCUT2D eigenvalue weighted by atomic mass is 10.1. The van der Waals surface area contributed by atoms with Crippen LogP contribution in [0.4, 0.5) is 0 Å². The fourth-order valence-electron chi connectivity index (χ4n) is 2.54. The van der Waals surface area contributed by atoms with Crippen molar-refractivity contribution in [2.75, 3.05) is 0 Å². The summed E-state index contributed by atoms with van der Waals surface area (Å²) in [6, 6.07) is 4.32. The molecule has 3 rings (SSSR count). The molecule has 1 N–H and O–H groups in total. The largest absolute Gasteiger partial charge is 0.354 e. The topological polar surface area (TPSA) is 51.3 Å². The van der Waals surface area contributed by atoms with Gasteiger partial charge in [-0.25, -0.2) is 4.98 Å². The molecule has 0 saturated heterocycles. The predicted molar refractivity (Wildman–Crippen MR) is 88.1 cm³/mol. The van der Waals surface area contributed by atoms with E-state index in [4.69, 9.17) is 0 Å². The molecule has 5 nitrogen and oxygen atoms in total. The summed E-state index contributed by atoms with van der Waals surface area (Å²) in [6.45, 7) is 2.05. The van der Waals surface area contributed by atoms with Gasteiger partial charge in [-0.15, -0.1) is 11.3 Å². The Morgan fingerprint density at radius 1 is 1.45 bits per heavy atom. The molecule has 0 aliphatic heterocycles. The molecule has 0 aliphatic rings. The van der Waals surface area contributed by atoms with Gasteiger partial charge in [0, 0.05) is 42.8 Å². The van der Waals surface area contributed by atoms with E-state index in [1.54, 1.807) is 11.3 Å². The van der Waals surface area contributed by atoms with E-state index in [-0.39, 0.29) is 11.9 Å². The van der Waals surface area contributed by atoms with Crippen molar-refractivity contribution in [2.24, 2.45) is 7.05 Å². The van der Waals surface area contributed by atoms with Gasteiger partial charge >= 0.3 is 0 Å². The van der Waals surface area contributed by atoms with Crippen LogP contribution < -0.4 is 5.32 Å². The summed E-state index contributed by atoms with van der Waals surface area (Å²) in [5.74, 6) is 0.0325. The molecular weight excluding hydrogens is 296 g/mol. The highest BCUT2D eigenvalue weighted by Gasteiger charge is 2.11. The van der Waals surface area contributed by atoms with E-state index in [1.807, 2.05) is 48.4 Å². The fourth-order valence-corrected chi connectivity index (χ4v) is 3.26. The van der Waals surface area contributed by atoms with Crippen LogP contribution in [0.1, 0.15) is 24.7 Å². The molecule has 0 bridgehead atoms. The van der Waals surface area contributed by atoms with Crippen LogP contribution in [-0.2, 0) is 24.7 Å². The summed E-state index contributed by atoms with van der Waals surface area (Å²) in [7, 11) is 2.04. The van der Waals surface area contributed by atoms with E-state index in [0.29, 0.717) is 6.42 Å². The van der Waals surface area contributed by atoms with Crippen molar-refractivity contribution in [1.29, 1.82) is 0 Å². The van der Waals surface area contributed by atoms with Crippen LogP contribution in [0.15, 0.2) is 36.1 Å². The van der Waals surface area contributed by atoms with E-state index >= 15 is 0 Å². The third kappa shape index (κ3) is 3.39. The summed E-state index contributed by atoms with van der Waals surface area (Å²) in [6.07, 6.45) is 8.15. The summed E-state index contributed by atoms with van der Waals surface area (Å²) >= 11 is 1.57. The molecule has 1 unspecified atom stereocenters. The molecule has 0 fully saturated rings. The van der Waals surface area contributed by atoms with E-state index < -0.39 is 0 Å². The second-order valence-electron chi connectivity index (χ2n) is 5.62. The second-order valence-corrected chi connectivity index (χ2v) is 6.49. The SMILES string of the molecule is CC(CCc1cccn1C)NC(=O)Cc1cn2ccsc2n1. The van der Waals surface area contributed by atoms with Gasteiger partial charge < -0.3 is 9.88 Å². The minimum atomic E-state index is 0.0325. The Bertz CT molecular complexity index is 741. The molecule has 6 heteroatoms. The zero-order valence-corrected chi connectivity index (χ0v) is 13.6. The van der Waals surface area contributed by atoms with Crippen molar-refractivity contribution in [3.05, 3.63) is 47.5 Å². The Balaban J connectivity index is 1.48. The first kappa shape index (κ1) is 14.8. The fraction of sp³-hybridized carbons (Fsp3) is 0.375. The van der Waals surface area contributed by atoms with Crippen molar-refractivity contribution in [3.8, 4) is 0 Å². The first-order valence-corrected chi connectivity index (χ1v) is 8.30. The Kier molecular flexibility index (Phi) is 4.29.